The first-order valence-corrected chi connectivity index (χ1v) is 7.32. The Balaban J connectivity index is 1.91. The number of hydrogen-bond donors (Lipinski definition) is 0. The zero-order chi connectivity index (χ0) is 15.6. The number of hydrogen-bond acceptors (Lipinski definition) is 4. The minimum absolute atomic E-state index is 0.456. The van der Waals surface area contributed by atoms with Crippen molar-refractivity contribution >= 4 is 10.8 Å². The fourth-order valence-corrected chi connectivity index (χ4v) is 2.66. The summed E-state index contributed by atoms with van der Waals surface area (Å²) in [4.78, 5) is 0. The minimum Gasteiger partial charge on any atom is -0.496 e. The van der Waals surface area contributed by atoms with Crippen LogP contribution in [-0.2, 0) is 0 Å². The van der Waals surface area contributed by atoms with Crippen molar-refractivity contribution in [2.45, 2.75) is 0 Å². The Hall–Kier alpha value is -3.14. The molecule has 3 aromatic carbocycles. The van der Waals surface area contributed by atoms with Crippen molar-refractivity contribution in [1.29, 1.82) is 0 Å². The largest absolute Gasteiger partial charge is 0.496 e. The molecular weight excluding hydrogens is 288 g/mol. The van der Waals surface area contributed by atoms with Crippen molar-refractivity contribution in [2.75, 3.05) is 7.11 Å². The number of nitrogens with zero attached hydrogens (tertiary/aromatic N) is 2. The van der Waals surface area contributed by atoms with Gasteiger partial charge in [-0.3, -0.25) is 0 Å². The second-order valence-corrected chi connectivity index (χ2v) is 5.14. The van der Waals surface area contributed by atoms with E-state index < -0.39 is 0 Å². The SMILES string of the molecule is COc1ccc2ccccc2c1-c1nnc(-c2ccccc2)o1. The molecule has 23 heavy (non-hydrogen) atoms. The van der Waals surface area contributed by atoms with Gasteiger partial charge in [0.2, 0.25) is 5.89 Å². The van der Waals surface area contributed by atoms with Crippen LogP contribution in [0.2, 0.25) is 0 Å². The molecule has 4 nitrogen and oxygen atoms in total. The molecule has 0 amide bonds. The Morgan fingerprint density at radius 2 is 1.52 bits per heavy atom. The van der Waals surface area contributed by atoms with Gasteiger partial charge in [-0.25, -0.2) is 0 Å². The quantitative estimate of drug-likeness (QED) is 0.556. The van der Waals surface area contributed by atoms with Gasteiger partial charge in [-0.05, 0) is 29.0 Å². The van der Waals surface area contributed by atoms with Crippen molar-refractivity contribution in [3.05, 3.63) is 66.7 Å². The second kappa shape index (κ2) is 5.57. The standard InChI is InChI=1S/C19H14N2O2/c1-22-16-12-11-13-7-5-6-10-15(13)17(16)19-21-20-18(23-19)14-8-3-2-4-9-14/h2-12H,1H3. The van der Waals surface area contributed by atoms with E-state index in [0.29, 0.717) is 17.5 Å². The van der Waals surface area contributed by atoms with Gasteiger partial charge < -0.3 is 9.15 Å². The molecule has 4 rings (SSSR count). The molecule has 0 aliphatic heterocycles. The normalized spacial score (nSPS) is 10.8. The van der Waals surface area contributed by atoms with Crippen LogP contribution in [0.4, 0.5) is 0 Å². The van der Waals surface area contributed by atoms with Crippen molar-refractivity contribution in [3.63, 3.8) is 0 Å². The summed E-state index contributed by atoms with van der Waals surface area (Å²) in [6, 6.07) is 21.7. The molecule has 112 valence electrons. The average Bonchev–Trinajstić information content (AvgIpc) is 3.11. The molecule has 0 N–H and O–H groups in total. The molecule has 0 fully saturated rings. The van der Waals surface area contributed by atoms with Crippen LogP contribution in [0.15, 0.2) is 71.1 Å². The van der Waals surface area contributed by atoms with Gasteiger partial charge in [-0.15, -0.1) is 10.2 Å². The van der Waals surface area contributed by atoms with Gasteiger partial charge in [0.25, 0.3) is 5.89 Å². The summed E-state index contributed by atoms with van der Waals surface area (Å²) in [6.45, 7) is 0. The fourth-order valence-electron chi connectivity index (χ4n) is 2.66. The van der Waals surface area contributed by atoms with E-state index >= 15 is 0 Å². The molecule has 4 aromatic rings. The van der Waals surface area contributed by atoms with Gasteiger partial charge >= 0.3 is 0 Å². The van der Waals surface area contributed by atoms with E-state index in [1.54, 1.807) is 7.11 Å². The van der Waals surface area contributed by atoms with E-state index in [2.05, 4.69) is 10.2 Å². The minimum atomic E-state index is 0.456. The van der Waals surface area contributed by atoms with E-state index in [0.717, 1.165) is 21.9 Å². The Morgan fingerprint density at radius 1 is 0.783 bits per heavy atom. The lowest BCUT2D eigenvalue weighted by atomic mass is 10.0. The number of aromatic nitrogens is 2. The van der Waals surface area contributed by atoms with Crippen LogP contribution in [0.5, 0.6) is 5.75 Å². The van der Waals surface area contributed by atoms with Gasteiger partial charge in [0.1, 0.15) is 5.75 Å². The predicted molar refractivity (Wildman–Crippen MR) is 89.2 cm³/mol. The van der Waals surface area contributed by atoms with Crippen molar-refractivity contribution < 1.29 is 9.15 Å². The third kappa shape index (κ3) is 2.34. The van der Waals surface area contributed by atoms with Crippen LogP contribution in [-0.4, -0.2) is 17.3 Å². The number of rotatable bonds is 3. The molecule has 0 radical (unpaired) electrons. The number of ether oxygens (including phenoxy) is 1. The van der Waals surface area contributed by atoms with Crippen LogP contribution in [0.1, 0.15) is 0 Å². The van der Waals surface area contributed by atoms with Gasteiger partial charge in [0.05, 0.1) is 12.7 Å². The Labute approximate surface area is 133 Å². The number of fused-ring (bicyclic) bond motifs is 1. The molecule has 0 atom stereocenters. The summed E-state index contributed by atoms with van der Waals surface area (Å²) in [5.41, 5.74) is 1.71. The van der Waals surface area contributed by atoms with Crippen LogP contribution < -0.4 is 4.74 Å². The zero-order valence-corrected chi connectivity index (χ0v) is 12.6. The van der Waals surface area contributed by atoms with E-state index in [-0.39, 0.29) is 0 Å². The summed E-state index contributed by atoms with van der Waals surface area (Å²) in [5, 5.41) is 10.5. The Morgan fingerprint density at radius 3 is 2.35 bits per heavy atom. The third-order valence-corrected chi connectivity index (χ3v) is 3.77. The Kier molecular flexibility index (Phi) is 3.27. The first-order chi connectivity index (χ1) is 11.4. The molecule has 1 aromatic heterocycles. The highest BCUT2D eigenvalue weighted by atomic mass is 16.5. The first-order valence-electron chi connectivity index (χ1n) is 7.32. The van der Waals surface area contributed by atoms with E-state index in [4.69, 9.17) is 9.15 Å². The van der Waals surface area contributed by atoms with Crippen molar-refractivity contribution in [3.8, 4) is 28.7 Å². The second-order valence-electron chi connectivity index (χ2n) is 5.14. The monoisotopic (exact) mass is 302 g/mol. The van der Waals surface area contributed by atoms with E-state index in [1.807, 2.05) is 66.7 Å². The summed E-state index contributed by atoms with van der Waals surface area (Å²) >= 11 is 0. The summed E-state index contributed by atoms with van der Waals surface area (Å²) in [5.74, 6) is 1.67. The van der Waals surface area contributed by atoms with Crippen LogP contribution >= 0.6 is 0 Å². The van der Waals surface area contributed by atoms with Crippen LogP contribution in [0, 0.1) is 0 Å². The fraction of sp³-hybridized carbons (Fsp3) is 0.0526. The topological polar surface area (TPSA) is 48.2 Å². The lowest BCUT2D eigenvalue weighted by molar-refractivity contribution is 0.415. The maximum Gasteiger partial charge on any atom is 0.252 e. The molecule has 0 saturated heterocycles. The lowest BCUT2D eigenvalue weighted by Crippen LogP contribution is -1.90. The predicted octanol–water partition coefficient (Wildman–Crippen LogP) is 4.57. The first kappa shape index (κ1) is 13.5. The average molecular weight is 302 g/mol. The van der Waals surface area contributed by atoms with Gasteiger partial charge in [0.15, 0.2) is 0 Å². The maximum absolute atomic E-state index is 5.90. The highest BCUT2D eigenvalue weighted by Gasteiger charge is 2.17. The highest BCUT2D eigenvalue weighted by molar-refractivity contribution is 5.97. The lowest BCUT2D eigenvalue weighted by Gasteiger charge is -2.08. The molecule has 1 heterocycles. The number of benzene rings is 3. The summed E-state index contributed by atoms with van der Waals surface area (Å²) in [7, 11) is 1.64. The smallest absolute Gasteiger partial charge is 0.252 e. The molecule has 0 aliphatic rings. The molecule has 0 aliphatic carbocycles. The van der Waals surface area contributed by atoms with Gasteiger partial charge in [-0.1, -0.05) is 48.5 Å². The molecule has 0 spiro atoms. The van der Waals surface area contributed by atoms with Crippen molar-refractivity contribution in [2.24, 2.45) is 0 Å². The molecule has 0 unspecified atom stereocenters. The third-order valence-electron chi connectivity index (χ3n) is 3.77. The molecule has 0 bridgehead atoms. The molecular formula is C19H14N2O2. The Bertz CT molecular complexity index is 961. The molecule has 0 saturated carbocycles. The summed E-state index contributed by atoms with van der Waals surface area (Å²) in [6.07, 6.45) is 0. The van der Waals surface area contributed by atoms with Gasteiger partial charge in [-0.2, -0.15) is 0 Å². The van der Waals surface area contributed by atoms with E-state index in [1.165, 1.54) is 0 Å². The van der Waals surface area contributed by atoms with Crippen molar-refractivity contribution in [1.82, 2.24) is 10.2 Å². The van der Waals surface area contributed by atoms with E-state index in [9.17, 15) is 0 Å². The maximum atomic E-state index is 5.90. The number of methoxy groups -OCH3 is 1. The van der Waals surface area contributed by atoms with Crippen LogP contribution in [0.25, 0.3) is 33.7 Å². The molecule has 4 heteroatoms. The van der Waals surface area contributed by atoms with Gasteiger partial charge in [0, 0.05) is 5.56 Å². The summed E-state index contributed by atoms with van der Waals surface area (Å²) < 4.78 is 11.4. The van der Waals surface area contributed by atoms with Crippen LogP contribution in [0.3, 0.4) is 0 Å². The highest BCUT2D eigenvalue weighted by Crippen LogP contribution is 2.37. The zero-order valence-electron chi connectivity index (χ0n) is 12.6.